The van der Waals surface area contributed by atoms with Crippen molar-refractivity contribution in [3.8, 4) is 0 Å². The Morgan fingerprint density at radius 2 is 2.00 bits per heavy atom. The molecule has 78 valence electrons. The summed E-state index contributed by atoms with van der Waals surface area (Å²) >= 11 is 0. The Balaban J connectivity index is 2.71. The first-order chi connectivity index (χ1) is 7.22. The first-order valence-corrected chi connectivity index (χ1v) is 5.26. The highest BCUT2D eigenvalue weighted by Gasteiger charge is 2.08. The molecule has 2 rings (SSSR count). The van der Waals surface area contributed by atoms with Crippen molar-refractivity contribution in [2.45, 2.75) is 19.9 Å². The molecule has 0 amide bonds. The topological polar surface area (TPSA) is 24.9 Å². The molecule has 0 saturated carbocycles. The number of aromatic nitrogens is 1. The van der Waals surface area contributed by atoms with Crippen LogP contribution in [0, 0.1) is 6.92 Å². The smallest absolute Gasteiger partial charge is 0.0708 e. The van der Waals surface area contributed by atoms with Crippen LogP contribution < -0.4 is 5.32 Å². The summed E-state index contributed by atoms with van der Waals surface area (Å²) in [6.45, 7) is 4.21. The SMILES string of the molecule is CNC(C)c1cc(C)nc2ccccc12. The van der Waals surface area contributed by atoms with Crippen molar-refractivity contribution >= 4 is 10.9 Å². The monoisotopic (exact) mass is 200 g/mol. The summed E-state index contributed by atoms with van der Waals surface area (Å²) in [7, 11) is 1.98. The standard InChI is InChI=1S/C13H16N2/c1-9-8-12(10(2)14-3)11-6-4-5-7-13(11)15-9/h4-8,10,14H,1-3H3. The molecule has 0 aliphatic rings. The molecule has 0 saturated heterocycles. The van der Waals surface area contributed by atoms with Crippen LogP contribution >= 0.6 is 0 Å². The highest BCUT2D eigenvalue weighted by molar-refractivity contribution is 5.82. The van der Waals surface area contributed by atoms with Gasteiger partial charge >= 0.3 is 0 Å². The van der Waals surface area contributed by atoms with Gasteiger partial charge in [0.2, 0.25) is 0 Å². The van der Waals surface area contributed by atoms with E-state index >= 15 is 0 Å². The van der Waals surface area contributed by atoms with E-state index in [2.05, 4.69) is 41.5 Å². The molecule has 0 aliphatic heterocycles. The fourth-order valence-electron chi connectivity index (χ4n) is 1.85. The van der Waals surface area contributed by atoms with Crippen LogP contribution in [0.25, 0.3) is 10.9 Å². The van der Waals surface area contributed by atoms with E-state index in [0.717, 1.165) is 11.2 Å². The van der Waals surface area contributed by atoms with Crippen molar-refractivity contribution in [3.05, 3.63) is 41.6 Å². The largest absolute Gasteiger partial charge is 0.313 e. The number of nitrogens with zero attached hydrogens (tertiary/aromatic N) is 1. The summed E-state index contributed by atoms with van der Waals surface area (Å²) in [5.41, 5.74) is 3.47. The zero-order valence-corrected chi connectivity index (χ0v) is 9.41. The van der Waals surface area contributed by atoms with E-state index in [1.54, 1.807) is 0 Å². The molecule has 1 atom stereocenters. The van der Waals surface area contributed by atoms with Gasteiger partial charge in [0.1, 0.15) is 0 Å². The molecule has 1 aromatic carbocycles. The van der Waals surface area contributed by atoms with Gasteiger partial charge in [0.25, 0.3) is 0 Å². The van der Waals surface area contributed by atoms with E-state index in [0.29, 0.717) is 6.04 Å². The van der Waals surface area contributed by atoms with Gasteiger partial charge in [0.05, 0.1) is 5.52 Å². The predicted octanol–water partition coefficient (Wildman–Crippen LogP) is 2.82. The van der Waals surface area contributed by atoms with E-state index in [1.807, 2.05) is 20.0 Å². The Morgan fingerprint density at radius 3 is 2.73 bits per heavy atom. The van der Waals surface area contributed by atoms with E-state index in [1.165, 1.54) is 10.9 Å². The van der Waals surface area contributed by atoms with Crippen molar-refractivity contribution in [1.29, 1.82) is 0 Å². The molecule has 0 aliphatic carbocycles. The lowest BCUT2D eigenvalue weighted by atomic mass is 10.0. The molecule has 1 aromatic heterocycles. The second-order valence-electron chi connectivity index (χ2n) is 3.88. The van der Waals surface area contributed by atoms with E-state index < -0.39 is 0 Å². The maximum absolute atomic E-state index is 4.53. The second kappa shape index (κ2) is 3.99. The minimum atomic E-state index is 0.358. The minimum Gasteiger partial charge on any atom is -0.313 e. The van der Waals surface area contributed by atoms with Gasteiger partial charge in [-0.3, -0.25) is 4.98 Å². The Hall–Kier alpha value is -1.41. The zero-order chi connectivity index (χ0) is 10.8. The Bertz CT molecular complexity index is 477. The van der Waals surface area contributed by atoms with Gasteiger partial charge in [0, 0.05) is 17.1 Å². The maximum Gasteiger partial charge on any atom is 0.0708 e. The molecular formula is C13H16N2. The normalized spacial score (nSPS) is 13.0. The number of aryl methyl sites for hydroxylation is 1. The van der Waals surface area contributed by atoms with Crippen LogP contribution in [-0.2, 0) is 0 Å². The number of benzene rings is 1. The fourth-order valence-corrected chi connectivity index (χ4v) is 1.85. The number of hydrogen-bond acceptors (Lipinski definition) is 2. The lowest BCUT2D eigenvalue weighted by Gasteiger charge is -2.14. The van der Waals surface area contributed by atoms with Crippen molar-refractivity contribution in [1.82, 2.24) is 10.3 Å². The van der Waals surface area contributed by atoms with Crippen LogP contribution in [0.4, 0.5) is 0 Å². The molecule has 15 heavy (non-hydrogen) atoms. The molecular weight excluding hydrogens is 184 g/mol. The average Bonchev–Trinajstić information content (AvgIpc) is 2.26. The molecule has 1 N–H and O–H groups in total. The van der Waals surface area contributed by atoms with Crippen molar-refractivity contribution in [3.63, 3.8) is 0 Å². The van der Waals surface area contributed by atoms with Crippen LogP contribution in [-0.4, -0.2) is 12.0 Å². The maximum atomic E-state index is 4.53. The molecule has 1 heterocycles. The molecule has 0 bridgehead atoms. The van der Waals surface area contributed by atoms with Crippen molar-refractivity contribution in [2.75, 3.05) is 7.05 Å². The molecule has 2 nitrogen and oxygen atoms in total. The highest BCUT2D eigenvalue weighted by Crippen LogP contribution is 2.23. The summed E-state index contributed by atoms with van der Waals surface area (Å²) in [6, 6.07) is 10.8. The molecule has 1 unspecified atom stereocenters. The summed E-state index contributed by atoms with van der Waals surface area (Å²) in [6.07, 6.45) is 0. The molecule has 2 heteroatoms. The van der Waals surface area contributed by atoms with Crippen LogP contribution in [0.15, 0.2) is 30.3 Å². The van der Waals surface area contributed by atoms with Gasteiger partial charge in [-0.25, -0.2) is 0 Å². The number of rotatable bonds is 2. The Morgan fingerprint density at radius 1 is 1.27 bits per heavy atom. The molecule has 2 aromatic rings. The van der Waals surface area contributed by atoms with Crippen molar-refractivity contribution in [2.24, 2.45) is 0 Å². The van der Waals surface area contributed by atoms with Gasteiger partial charge in [0.15, 0.2) is 0 Å². The zero-order valence-electron chi connectivity index (χ0n) is 9.41. The number of hydrogen-bond donors (Lipinski definition) is 1. The lowest BCUT2D eigenvalue weighted by molar-refractivity contribution is 0.656. The first-order valence-electron chi connectivity index (χ1n) is 5.26. The highest BCUT2D eigenvalue weighted by atomic mass is 14.9. The Labute approximate surface area is 90.3 Å². The summed E-state index contributed by atoms with van der Waals surface area (Å²) in [5.74, 6) is 0. The summed E-state index contributed by atoms with van der Waals surface area (Å²) in [4.78, 5) is 4.53. The van der Waals surface area contributed by atoms with E-state index in [-0.39, 0.29) is 0 Å². The van der Waals surface area contributed by atoms with Crippen molar-refractivity contribution < 1.29 is 0 Å². The quantitative estimate of drug-likeness (QED) is 0.806. The van der Waals surface area contributed by atoms with Gasteiger partial charge < -0.3 is 5.32 Å². The van der Waals surface area contributed by atoms with E-state index in [9.17, 15) is 0 Å². The fraction of sp³-hybridized carbons (Fsp3) is 0.308. The minimum absolute atomic E-state index is 0.358. The molecule has 0 fully saturated rings. The molecule has 0 spiro atoms. The van der Waals surface area contributed by atoms with Crippen LogP contribution in [0.1, 0.15) is 24.2 Å². The average molecular weight is 200 g/mol. The number of pyridine rings is 1. The third kappa shape index (κ3) is 1.85. The van der Waals surface area contributed by atoms with Gasteiger partial charge in [-0.2, -0.15) is 0 Å². The van der Waals surface area contributed by atoms with Crippen LogP contribution in [0.5, 0.6) is 0 Å². The van der Waals surface area contributed by atoms with E-state index in [4.69, 9.17) is 0 Å². The third-order valence-corrected chi connectivity index (χ3v) is 2.78. The number of para-hydroxylation sites is 1. The lowest BCUT2D eigenvalue weighted by Crippen LogP contribution is -2.13. The van der Waals surface area contributed by atoms with Crippen LogP contribution in [0.2, 0.25) is 0 Å². The molecule has 0 radical (unpaired) electrons. The Kier molecular flexibility index (Phi) is 2.69. The summed E-state index contributed by atoms with van der Waals surface area (Å²) < 4.78 is 0. The number of fused-ring (bicyclic) bond motifs is 1. The first kappa shape index (κ1) is 10.1. The second-order valence-corrected chi connectivity index (χ2v) is 3.88. The van der Waals surface area contributed by atoms with Gasteiger partial charge in [-0.15, -0.1) is 0 Å². The van der Waals surface area contributed by atoms with Gasteiger partial charge in [-0.05, 0) is 38.6 Å². The summed E-state index contributed by atoms with van der Waals surface area (Å²) in [5, 5.41) is 4.51. The predicted molar refractivity (Wildman–Crippen MR) is 64.0 cm³/mol. The number of nitrogens with one attached hydrogen (secondary N) is 1. The van der Waals surface area contributed by atoms with Gasteiger partial charge in [-0.1, -0.05) is 18.2 Å². The van der Waals surface area contributed by atoms with Crippen LogP contribution in [0.3, 0.4) is 0 Å². The third-order valence-electron chi connectivity index (χ3n) is 2.78.